The van der Waals surface area contributed by atoms with Gasteiger partial charge < -0.3 is 29.1 Å². The molecule has 0 aromatic carbocycles. The summed E-state index contributed by atoms with van der Waals surface area (Å²) in [5, 5.41) is 11.1. The molecule has 0 unspecified atom stereocenters. The van der Waals surface area contributed by atoms with E-state index in [1.807, 2.05) is 0 Å². The van der Waals surface area contributed by atoms with Crippen molar-refractivity contribution >= 4 is 20.2 Å². The van der Waals surface area contributed by atoms with E-state index in [2.05, 4.69) is 25.0 Å². The molecule has 0 rings (SSSR count). The summed E-state index contributed by atoms with van der Waals surface area (Å²) in [7, 11) is -1.45. The van der Waals surface area contributed by atoms with Crippen molar-refractivity contribution in [3.8, 4) is 0 Å². The lowest BCUT2D eigenvalue weighted by atomic mass is 10.3. The number of carboxylic acid groups (broad SMARTS) is 1. The largest absolute Gasteiger partial charge is 0.481 e. The second kappa shape index (κ2) is 15.3. The van der Waals surface area contributed by atoms with Gasteiger partial charge in [-0.15, -0.1) is 0 Å². The molecule has 0 saturated heterocycles. The molecule has 0 saturated carbocycles. The Balaban J connectivity index is 3.17. The highest BCUT2D eigenvalue weighted by atomic mass is 28.4. The molecule has 0 aliphatic carbocycles. The van der Waals surface area contributed by atoms with Crippen molar-refractivity contribution in [2.75, 3.05) is 52.8 Å². The summed E-state index contributed by atoms with van der Waals surface area (Å²) in [6.07, 6.45) is 0.546. The summed E-state index contributed by atoms with van der Waals surface area (Å²) in [5.74, 6) is -1.22. The summed E-state index contributed by atoms with van der Waals surface area (Å²) in [5.41, 5.74) is 0. The summed E-state index contributed by atoms with van der Waals surface area (Å²) in [4.78, 5) is 21.5. The minimum Gasteiger partial charge on any atom is -0.481 e. The third kappa shape index (κ3) is 21.0. The van der Waals surface area contributed by atoms with E-state index in [0.29, 0.717) is 59.2 Å². The summed E-state index contributed by atoms with van der Waals surface area (Å²) in [6.45, 7) is 10.7. The number of amides is 1. The van der Waals surface area contributed by atoms with E-state index in [0.717, 1.165) is 0 Å². The third-order valence-corrected chi connectivity index (χ3v) is 3.93. The number of ether oxygens (including phenoxy) is 3. The Labute approximate surface area is 151 Å². The normalized spacial score (nSPS) is 11.5. The minimum atomic E-state index is -1.45. The maximum Gasteiger partial charge on any atom is 0.303 e. The molecular weight excluding hydrogens is 346 g/mol. The molecule has 0 atom stereocenters. The fourth-order valence-corrected chi connectivity index (χ4v) is 2.36. The molecule has 0 heterocycles. The number of aliphatic carboxylic acids is 1. The molecule has 9 heteroatoms. The van der Waals surface area contributed by atoms with Crippen LogP contribution in [-0.4, -0.2) is 78.1 Å². The van der Waals surface area contributed by atoms with Gasteiger partial charge in [0.1, 0.15) is 0 Å². The van der Waals surface area contributed by atoms with Crippen molar-refractivity contribution in [1.29, 1.82) is 0 Å². The molecule has 0 bridgehead atoms. The molecule has 0 aliphatic rings. The first-order valence-corrected chi connectivity index (χ1v) is 12.1. The molecule has 1 amide bonds. The highest BCUT2D eigenvalue weighted by Crippen LogP contribution is 2.01. The van der Waals surface area contributed by atoms with Crippen LogP contribution in [0.3, 0.4) is 0 Å². The average molecular weight is 380 g/mol. The molecule has 0 fully saturated rings. The van der Waals surface area contributed by atoms with Crippen molar-refractivity contribution in [2.45, 2.75) is 38.9 Å². The Hall–Kier alpha value is -1.00. The first kappa shape index (κ1) is 24.0. The fraction of sp³-hybridized carbons (Fsp3) is 0.875. The number of nitrogens with one attached hydrogen (secondary N) is 1. The first-order valence-electron chi connectivity index (χ1n) is 8.67. The van der Waals surface area contributed by atoms with Crippen LogP contribution < -0.4 is 5.32 Å². The van der Waals surface area contributed by atoms with E-state index >= 15 is 0 Å². The van der Waals surface area contributed by atoms with Crippen molar-refractivity contribution in [3.63, 3.8) is 0 Å². The van der Waals surface area contributed by atoms with Crippen molar-refractivity contribution < 1.29 is 33.3 Å². The van der Waals surface area contributed by atoms with Gasteiger partial charge in [-0.05, 0) is 26.1 Å². The lowest BCUT2D eigenvalue weighted by Gasteiger charge is -2.16. The predicted molar refractivity (Wildman–Crippen MR) is 96.3 cm³/mol. The van der Waals surface area contributed by atoms with Crippen LogP contribution in [0.4, 0.5) is 0 Å². The predicted octanol–water partition coefficient (Wildman–Crippen LogP) is 1.26. The molecule has 2 N–H and O–H groups in total. The van der Waals surface area contributed by atoms with Crippen LogP contribution in [-0.2, 0) is 28.2 Å². The zero-order chi connectivity index (χ0) is 19.0. The van der Waals surface area contributed by atoms with E-state index in [9.17, 15) is 9.59 Å². The lowest BCUT2D eigenvalue weighted by Crippen LogP contribution is -2.27. The van der Waals surface area contributed by atoms with E-state index in [1.165, 1.54) is 0 Å². The second-order valence-electron chi connectivity index (χ2n) is 6.40. The van der Waals surface area contributed by atoms with Gasteiger partial charge in [0.15, 0.2) is 8.32 Å². The number of hydrogen-bond acceptors (Lipinski definition) is 6. The monoisotopic (exact) mass is 379 g/mol. The maximum atomic E-state index is 11.2. The third-order valence-electron chi connectivity index (χ3n) is 2.86. The van der Waals surface area contributed by atoms with Gasteiger partial charge in [-0.3, -0.25) is 9.59 Å². The van der Waals surface area contributed by atoms with Crippen LogP contribution >= 0.6 is 0 Å². The Morgan fingerprint density at radius 3 is 1.88 bits per heavy atom. The Morgan fingerprint density at radius 1 is 0.840 bits per heavy atom. The van der Waals surface area contributed by atoms with E-state index in [4.69, 9.17) is 23.7 Å². The van der Waals surface area contributed by atoms with Gasteiger partial charge in [-0.1, -0.05) is 0 Å². The Kier molecular flexibility index (Phi) is 14.7. The highest BCUT2D eigenvalue weighted by Gasteiger charge is 2.13. The molecule has 0 aliphatic heterocycles. The number of carbonyl (C=O) groups is 2. The van der Waals surface area contributed by atoms with Crippen LogP contribution in [0.15, 0.2) is 0 Å². The van der Waals surface area contributed by atoms with E-state index in [-0.39, 0.29) is 18.7 Å². The van der Waals surface area contributed by atoms with Crippen LogP contribution in [0.25, 0.3) is 0 Å². The van der Waals surface area contributed by atoms with Crippen molar-refractivity contribution in [2.24, 2.45) is 0 Å². The smallest absolute Gasteiger partial charge is 0.303 e. The quantitative estimate of drug-likeness (QED) is 0.290. The topological polar surface area (TPSA) is 103 Å². The molecular formula is C16H33NO7Si. The number of hydrogen-bond donors (Lipinski definition) is 2. The molecule has 0 aromatic rings. The number of carboxylic acids is 1. The van der Waals surface area contributed by atoms with Crippen LogP contribution in [0.2, 0.25) is 19.6 Å². The Morgan fingerprint density at radius 2 is 1.36 bits per heavy atom. The van der Waals surface area contributed by atoms with Crippen molar-refractivity contribution in [1.82, 2.24) is 5.32 Å². The SMILES string of the molecule is C[Si](C)(C)OCCOCCOCCOCCCNC(=O)CCC(=O)O. The summed E-state index contributed by atoms with van der Waals surface area (Å²) in [6, 6.07) is 0. The molecule has 0 radical (unpaired) electrons. The molecule has 148 valence electrons. The summed E-state index contributed by atoms with van der Waals surface area (Å²) >= 11 is 0. The minimum absolute atomic E-state index is 0.0103. The van der Waals surface area contributed by atoms with Crippen LogP contribution in [0, 0.1) is 0 Å². The van der Waals surface area contributed by atoms with Gasteiger partial charge >= 0.3 is 5.97 Å². The van der Waals surface area contributed by atoms with Gasteiger partial charge in [0.2, 0.25) is 5.91 Å². The fourth-order valence-electron chi connectivity index (χ4n) is 1.66. The van der Waals surface area contributed by atoms with Gasteiger partial charge in [-0.2, -0.15) is 0 Å². The van der Waals surface area contributed by atoms with Crippen molar-refractivity contribution in [3.05, 3.63) is 0 Å². The molecule has 25 heavy (non-hydrogen) atoms. The van der Waals surface area contributed by atoms with Crippen LogP contribution in [0.1, 0.15) is 19.3 Å². The maximum absolute atomic E-state index is 11.2. The second-order valence-corrected chi connectivity index (χ2v) is 10.9. The van der Waals surface area contributed by atoms with E-state index < -0.39 is 14.3 Å². The number of carbonyl (C=O) groups excluding carboxylic acids is 1. The van der Waals surface area contributed by atoms with Crippen LogP contribution in [0.5, 0.6) is 0 Å². The average Bonchev–Trinajstić information content (AvgIpc) is 2.52. The van der Waals surface area contributed by atoms with Gasteiger partial charge in [0, 0.05) is 19.6 Å². The van der Waals surface area contributed by atoms with Gasteiger partial charge in [0.25, 0.3) is 0 Å². The Bertz CT molecular complexity index is 361. The van der Waals surface area contributed by atoms with Gasteiger partial charge in [0.05, 0.1) is 46.1 Å². The highest BCUT2D eigenvalue weighted by molar-refractivity contribution is 6.69. The van der Waals surface area contributed by atoms with E-state index in [1.54, 1.807) is 0 Å². The zero-order valence-corrected chi connectivity index (χ0v) is 16.7. The first-order chi connectivity index (χ1) is 11.8. The molecule has 0 spiro atoms. The molecule has 8 nitrogen and oxygen atoms in total. The summed E-state index contributed by atoms with van der Waals surface area (Å²) < 4.78 is 21.8. The standard InChI is InChI=1S/C16H33NO7Si/c1-25(2,3)24-14-13-23-12-11-22-10-9-21-8-4-7-17-15(18)5-6-16(19)20/h4-14H2,1-3H3,(H,17,18)(H,19,20). The lowest BCUT2D eigenvalue weighted by molar-refractivity contribution is -0.138. The molecule has 0 aromatic heterocycles. The zero-order valence-electron chi connectivity index (χ0n) is 15.7. The number of rotatable bonds is 17. The van der Waals surface area contributed by atoms with Gasteiger partial charge in [-0.25, -0.2) is 0 Å².